The Labute approximate surface area is 142 Å². The summed E-state index contributed by atoms with van der Waals surface area (Å²) in [5, 5.41) is 0. The third kappa shape index (κ3) is 4.62. The van der Waals surface area contributed by atoms with Gasteiger partial charge in [-0.2, -0.15) is 0 Å². The second-order valence-corrected chi connectivity index (χ2v) is 6.73. The lowest BCUT2D eigenvalue weighted by Crippen LogP contribution is -2.20. The lowest BCUT2D eigenvalue weighted by Gasteiger charge is -2.16. The number of likely N-dealkylation sites (tertiary alicyclic amines) is 1. The van der Waals surface area contributed by atoms with Crippen LogP contribution in [0, 0.1) is 17.6 Å². The molecule has 2 N–H and O–H groups in total. The van der Waals surface area contributed by atoms with Crippen molar-refractivity contribution in [1.82, 2.24) is 4.90 Å². The fourth-order valence-electron chi connectivity index (χ4n) is 3.52. The molecule has 0 spiro atoms. The zero-order valence-electron chi connectivity index (χ0n) is 13.8. The number of benzene rings is 2. The van der Waals surface area contributed by atoms with Gasteiger partial charge in [0.25, 0.3) is 0 Å². The zero-order chi connectivity index (χ0) is 16.9. The van der Waals surface area contributed by atoms with Crippen LogP contribution in [0.1, 0.15) is 23.1 Å². The Morgan fingerprint density at radius 1 is 0.958 bits per heavy atom. The zero-order valence-corrected chi connectivity index (χ0v) is 13.8. The van der Waals surface area contributed by atoms with E-state index in [-0.39, 0.29) is 0 Å². The molecule has 2 aromatic carbocycles. The van der Waals surface area contributed by atoms with E-state index in [4.69, 9.17) is 5.73 Å². The molecule has 1 fully saturated rings. The fraction of sp³-hybridized carbons (Fsp3) is 0.400. The average molecular weight is 330 g/mol. The lowest BCUT2D eigenvalue weighted by molar-refractivity contribution is 0.316. The molecule has 4 heteroatoms. The summed E-state index contributed by atoms with van der Waals surface area (Å²) in [6.45, 7) is 3.61. The van der Waals surface area contributed by atoms with Crippen LogP contribution in [0.15, 0.2) is 42.5 Å². The highest BCUT2D eigenvalue weighted by atomic mass is 19.1. The molecule has 24 heavy (non-hydrogen) atoms. The number of nitrogens with two attached hydrogens (primary N) is 1. The molecular formula is C20H24F2N2. The van der Waals surface area contributed by atoms with Gasteiger partial charge in [0, 0.05) is 19.2 Å². The predicted molar refractivity (Wildman–Crippen MR) is 92.6 cm³/mol. The maximum atomic E-state index is 13.3. The van der Waals surface area contributed by atoms with E-state index in [1.54, 1.807) is 0 Å². The van der Waals surface area contributed by atoms with Crippen LogP contribution in [0.4, 0.5) is 8.78 Å². The Kier molecular flexibility index (Phi) is 5.59. The van der Waals surface area contributed by atoms with Crippen LogP contribution in [0.25, 0.3) is 0 Å². The topological polar surface area (TPSA) is 29.3 Å². The van der Waals surface area contributed by atoms with E-state index in [1.165, 1.54) is 23.3 Å². The van der Waals surface area contributed by atoms with Crippen molar-refractivity contribution in [1.29, 1.82) is 0 Å². The molecule has 2 aromatic rings. The largest absolute Gasteiger partial charge is 0.330 e. The van der Waals surface area contributed by atoms with Crippen molar-refractivity contribution in [2.75, 3.05) is 19.6 Å². The van der Waals surface area contributed by atoms with Crippen molar-refractivity contribution in [3.8, 4) is 0 Å². The molecule has 0 radical (unpaired) electrons. The molecule has 128 valence electrons. The summed E-state index contributed by atoms with van der Waals surface area (Å²) in [6.07, 6.45) is 2.72. The summed E-state index contributed by atoms with van der Waals surface area (Å²) < 4.78 is 26.6. The van der Waals surface area contributed by atoms with Gasteiger partial charge in [0.05, 0.1) is 0 Å². The number of hydrogen-bond acceptors (Lipinski definition) is 2. The van der Waals surface area contributed by atoms with Gasteiger partial charge in [0.15, 0.2) is 0 Å². The highest BCUT2D eigenvalue weighted by molar-refractivity contribution is 5.23. The van der Waals surface area contributed by atoms with Crippen LogP contribution >= 0.6 is 0 Å². The first-order valence-corrected chi connectivity index (χ1v) is 8.57. The number of hydrogen-bond donors (Lipinski definition) is 1. The molecule has 1 unspecified atom stereocenters. The second-order valence-electron chi connectivity index (χ2n) is 6.73. The first-order valence-electron chi connectivity index (χ1n) is 8.57. The monoisotopic (exact) mass is 330 g/mol. The molecule has 1 atom stereocenters. The maximum Gasteiger partial charge on any atom is 0.126 e. The molecule has 1 aliphatic rings. The second kappa shape index (κ2) is 7.86. The molecule has 1 heterocycles. The van der Waals surface area contributed by atoms with Gasteiger partial charge >= 0.3 is 0 Å². The molecule has 2 nitrogen and oxygen atoms in total. The van der Waals surface area contributed by atoms with Gasteiger partial charge in [0.1, 0.15) is 11.6 Å². The normalized spacial score (nSPS) is 18.2. The summed E-state index contributed by atoms with van der Waals surface area (Å²) in [4.78, 5) is 2.41. The summed E-state index contributed by atoms with van der Waals surface area (Å²) in [5.74, 6) is -0.516. The molecular weight excluding hydrogens is 306 g/mol. The van der Waals surface area contributed by atoms with Crippen molar-refractivity contribution in [3.63, 3.8) is 0 Å². The Balaban J connectivity index is 1.53. The highest BCUT2D eigenvalue weighted by Crippen LogP contribution is 2.23. The van der Waals surface area contributed by atoms with Crippen molar-refractivity contribution < 1.29 is 8.78 Å². The maximum absolute atomic E-state index is 13.3. The molecule has 0 saturated carbocycles. The summed E-state index contributed by atoms with van der Waals surface area (Å²) >= 11 is 0. The molecule has 0 aliphatic carbocycles. The third-order valence-electron chi connectivity index (χ3n) is 4.68. The predicted octanol–water partition coefficient (Wildman–Crippen LogP) is 3.53. The first kappa shape index (κ1) is 17.1. The Morgan fingerprint density at radius 2 is 1.62 bits per heavy atom. The highest BCUT2D eigenvalue weighted by Gasteiger charge is 2.23. The number of halogens is 2. The number of rotatable bonds is 6. The summed E-state index contributed by atoms with van der Waals surface area (Å²) in [7, 11) is 0. The minimum absolute atomic E-state index is 0.461. The van der Waals surface area contributed by atoms with Crippen LogP contribution in [0.3, 0.4) is 0 Å². The number of nitrogens with zero attached hydrogens (tertiary/aromatic N) is 1. The van der Waals surface area contributed by atoms with Gasteiger partial charge in [-0.15, -0.1) is 0 Å². The minimum Gasteiger partial charge on any atom is -0.330 e. The molecule has 1 aliphatic heterocycles. The minimum atomic E-state index is -0.488. The summed E-state index contributed by atoms with van der Waals surface area (Å²) in [5.41, 5.74) is 8.90. The molecule has 0 aromatic heterocycles. The first-order chi connectivity index (χ1) is 11.6. The quantitative estimate of drug-likeness (QED) is 0.878. The van der Waals surface area contributed by atoms with E-state index in [0.29, 0.717) is 12.5 Å². The molecule has 3 rings (SSSR count). The Morgan fingerprint density at radius 3 is 2.29 bits per heavy atom. The molecule has 1 saturated heterocycles. The van der Waals surface area contributed by atoms with Gasteiger partial charge in [-0.3, -0.25) is 4.90 Å². The van der Waals surface area contributed by atoms with Gasteiger partial charge in [0.2, 0.25) is 0 Å². The van der Waals surface area contributed by atoms with Gasteiger partial charge in [-0.1, -0.05) is 24.3 Å². The van der Waals surface area contributed by atoms with E-state index in [0.717, 1.165) is 50.5 Å². The van der Waals surface area contributed by atoms with Gasteiger partial charge in [-0.05, 0) is 67.1 Å². The Bertz CT molecular complexity index is 650. The standard InChI is InChI=1S/C20H24F2N2/c21-19-10-18(11-20(22)12-19)9-17-6-8-24(14-17)13-16-3-1-15(2-4-16)5-7-23/h1-4,10-12,17H,5-9,13-14,23H2. The van der Waals surface area contributed by atoms with E-state index >= 15 is 0 Å². The van der Waals surface area contributed by atoms with Crippen LogP contribution in [0.5, 0.6) is 0 Å². The van der Waals surface area contributed by atoms with Crippen molar-refractivity contribution in [2.45, 2.75) is 25.8 Å². The van der Waals surface area contributed by atoms with Crippen LogP contribution in [-0.4, -0.2) is 24.5 Å². The van der Waals surface area contributed by atoms with E-state index < -0.39 is 11.6 Å². The van der Waals surface area contributed by atoms with Crippen LogP contribution < -0.4 is 5.73 Å². The molecule has 0 amide bonds. The smallest absolute Gasteiger partial charge is 0.126 e. The summed E-state index contributed by atoms with van der Waals surface area (Å²) in [6, 6.07) is 12.4. The van der Waals surface area contributed by atoms with E-state index in [9.17, 15) is 8.78 Å². The van der Waals surface area contributed by atoms with E-state index in [2.05, 4.69) is 29.2 Å². The Hall–Kier alpha value is -1.78. The van der Waals surface area contributed by atoms with Gasteiger partial charge < -0.3 is 5.73 Å². The molecule has 0 bridgehead atoms. The van der Waals surface area contributed by atoms with Crippen LogP contribution in [0.2, 0.25) is 0 Å². The van der Waals surface area contributed by atoms with Crippen molar-refractivity contribution >= 4 is 0 Å². The average Bonchev–Trinajstić information content (AvgIpc) is 2.95. The fourth-order valence-corrected chi connectivity index (χ4v) is 3.52. The third-order valence-corrected chi connectivity index (χ3v) is 4.68. The lowest BCUT2D eigenvalue weighted by atomic mass is 9.98. The van der Waals surface area contributed by atoms with Crippen molar-refractivity contribution in [2.24, 2.45) is 11.7 Å². The van der Waals surface area contributed by atoms with Gasteiger partial charge in [-0.25, -0.2) is 8.78 Å². The van der Waals surface area contributed by atoms with Crippen molar-refractivity contribution in [3.05, 3.63) is 70.8 Å². The van der Waals surface area contributed by atoms with E-state index in [1.807, 2.05) is 0 Å². The SMILES string of the molecule is NCCc1ccc(CN2CCC(Cc3cc(F)cc(F)c3)C2)cc1. The van der Waals surface area contributed by atoms with Crippen LogP contribution in [-0.2, 0) is 19.4 Å².